The van der Waals surface area contributed by atoms with Gasteiger partial charge in [-0.05, 0) is 45.1 Å². The Morgan fingerprint density at radius 2 is 2.15 bits per heavy atom. The Hall–Kier alpha value is -1.13. The number of hydrogen-bond donors (Lipinski definition) is 1. The number of benzene rings is 1. The van der Waals surface area contributed by atoms with Crippen molar-refractivity contribution >= 4 is 5.69 Å². The van der Waals surface area contributed by atoms with E-state index in [1.807, 2.05) is 26.1 Å². The van der Waals surface area contributed by atoms with Gasteiger partial charge in [0, 0.05) is 31.7 Å². The van der Waals surface area contributed by atoms with Crippen LogP contribution in [0.4, 0.5) is 10.1 Å². The van der Waals surface area contributed by atoms with Gasteiger partial charge in [-0.1, -0.05) is 13.0 Å². The summed E-state index contributed by atoms with van der Waals surface area (Å²) in [6, 6.07) is 6.30. The zero-order valence-corrected chi connectivity index (χ0v) is 13.0. The summed E-state index contributed by atoms with van der Waals surface area (Å²) < 4.78 is 14.4. The SMILES string of the molecule is CCC1CN(c2ccc(C(C)NC)cc2F)CCN1C. The number of halogens is 1. The highest BCUT2D eigenvalue weighted by atomic mass is 19.1. The molecule has 20 heavy (non-hydrogen) atoms. The van der Waals surface area contributed by atoms with Gasteiger partial charge in [0.1, 0.15) is 5.82 Å². The van der Waals surface area contributed by atoms with Gasteiger partial charge in [0.15, 0.2) is 0 Å². The first-order valence-corrected chi connectivity index (χ1v) is 7.48. The Balaban J connectivity index is 2.17. The van der Waals surface area contributed by atoms with Crippen LogP contribution in [0.25, 0.3) is 0 Å². The zero-order valence-electron chi connectivity index (χ0n) is 13.0. The third-order valence-corrected chi connectivity index (χ3v) is 4.49. The average molecular weight is 279 g/mol. The lowest BCUT2D eigenvalue weighted by molar-refractivity contribution is 0.213. The minimum absolute atomic E-state index is 0.107. The van der Waals surface area contributed by atoms with E-state index in [-0.39, 0.29) is 11.9 Å². The van der Waals surface area contributed by atoms with Crippen molar-refractivity contribution in [2.45, 2.75) is 32.4 Å². The highest BCUT2D eigenvalue weighted by Gasteiger charge is 2.24. The van der Waals surface area contributed by atoms with E-state index in [2.05, 4.69) is 29.1 Å². The number of likely N-dealkylation sites (N-methyl/N-ethyl adjacent to an activating group) is 1. The molecule has 1 aromatic carbocycles. The second-order valence-corrected chi connectivity index (χ2v) is 5.71. The van der Waals surface area contributed by atoms with Crippen molar-refractivity contribution < 1.29 is 4.39 Å². The van der Waals surface area contributed by atoms with Gasteiger partial charge in [0.05, 0.1) is 5.69 Å². The Morgan fingerprint density at radius 3 is 2.75 bits per heavy atom. The van der Waals surface area contributed by atoms with E-state index >= 15 is 0 Å². The van der Waals surface area contributed by atoms with E-state index < -0.39 is 0 Å². The van der Waals surface area contributed by atoms with Gasteiger partial charge in [-0.3, -0.25) is 4.90 Å². The molecule has 1 aromatic rings. The predicted molar refractivity (Wildman–Crippen MR) is 82.8 cm³/mol. The Labute approximate surface area is 121 Å². The standard InChI is InChI=1S/C16H26FN3/c1-5-14-11-20(9-8-19(14)4)16-7-6-13(10-15(16)17)12(2)18-3/h6-7,10,12,14,18H,5,8-9,11H2,1-4H3. The summed E-state index contributed by atoms with van der Waals surface area (Å²) in [4.78, 5) is 4.54. The van der Waals surface area contributed by atoms with Gasteiger partial charge < -0.3 is 10.2 Å². The molecular formula is C16H26FN3. The molecule has 1 fully saturated rings. The van der Waals surface area contributed by atoms with Gasteiger partial charge in [0.2, 0.25) is 0 Å². The Morgan fingerprint density at radius 1 is 1.40 bits per heavy atom. The molecule has 2 unspecified atom stereocenters. The first-order chi connectivity index (χ1) is 9.56. The molecule has 0 radical (unpaired) electrons. The van der Waals surface area contributed by atoms with Crippen LogP contribution in [0.1, 0.15) is 31.9 Å². The molecule has 1 N–H and O–H groups in total. The van der Waals surface area contributed by atoms with Gasteiger partial charge in [-0.25, -0.2) is 4.39 Å². The molecule has 1 saturated heterocycles. The van der Waals surface area contributed by atoms with Crippen molar-refractivity contribution in [3.05, 3.63) is 29.6 Å². The van der Waals surface area contributed by atoms with Gasteiger partial charge in [-0.2, -0.15) is 0 Å². The quantitative estimate of drug-likeness (QED) is 0.914. The second-order valence-electron chi connectivity index (χ2n) is 5.71. The smallest absolute Gasteiger partial charge is 0.146 e. The Kier molecular flexibility index (Phi) is 5.00. The third kappa shape index (κ3) is 3.13. The Bertz CT molecular complexity index is 449. The van der Waals surface area contributed by atoms with Gasteiger partial charge >= 0.3 is 0 Å². The summed E-state index contributed by atoms with van der Waals surface area (Å²) in [6.07, 6.45) is 1.10. The molecule has 0 amide bonds. The molecule has 0 saturated carbocycles. The van der Waals surface area contributed by atoms with Crippen LogP contribution < -0.4 is 10.2 Å². The van der Waals surface area contributed by atoms with Crippen LogP contribution in [0.2, 0.25) is 0 Å². The van der Waals surface area contributed by atoms with E-state index in [0.29, 0.717) is 6.04 Å². The van der Waals surface area contributed by atoms with Gasteiger partial charge in [0.25, 0.3) is 0 Å². The topological polar surface area (TPSA) is 18.5 Å². The highest BCUT2D eigenvalue weighted by molar-refractivity contribution is 5.50. The fourth-order valence-electron chi connectivity index (χ4n) is 2.82. The van der Waals surface area contributed by atoms with Crippen molar-refractivity contribution in [3.63, 3.8) is 0 Å². The predicted octanol–water partition coefficient (Wildman–Crippen LogP) is 2.64. The second kappa shape index (κ2) is 6.55. The summed E-state index contributed by atoms with van der Waals surface area (Å²) in [5.41, 5.74) is 1.73. The minimum Gasteiger partial charge on any atom is -0.366 e. The van der Waals surface area contributed by atoms with E-state index in [1.165, 1.54) is 0 Å². The third-order valence-electron chi connectivity index (χ3n) is 4.49. The van der Waals surface area contributed by atoms with Crippen LogP contribution in [0, 0.1) is 5.82 Å². The lowest BCUT2D eigenvalue weighted by Gasteiger charge is -2.40. The van der Waals surface area contributed by atoms with E-state index in [9.17, 15) is 4.39 Å². The average Bonchev–Trinajstić information content (AvgIpc) is 2.47. The first-order valence-electron chi connectivity index (χ1n) is 7.48. The van der Waals surface area contributed by atoms with Crippen LogP contribution >= 0.6 is 0 Å². The summed E-state index contributed by atoms with van der Waals surface area (Å²) in [6.45, 7) is 7.03. The lowest BCUT2D eigenvalue weighted by atomic mass is 10.1. The van der Waals surface area contributed by atoms with Crippen LogP contribution in [0.3, 0.4) is 0 Å². The molecule has 0 aromatic heterocycles. The van der Waals surface area contributed by atoms with Crippen molar-refractivity contribution in [1.29, 1.82) is 0 Å². The maximum absolute atomic E-state index is 14.4. The highest BCUT2D eigenvalue weighted by Crippen LogP contribution is 2.25. The van der Waals surface area contributed by atoms with Crippen LogP contribution in [-0.4, -0.2) is 44.7 Å². The normalized spacial score (nSPS) is 22.1. The molecule has 0 spiro atoms. The van der Waals surface area contributed by atoms with Crippen molar-refractivity contribution in [2.24, 2.45) is 0 Å². The first kappa shape index (κ1) is 15.3. The van der Waals surface area contributed by atoms with E-state index in [1.54, 1.807) is 6.07 Å². The largest absolute Gasteiger partial charge is 0.366 e. The van der Waals surface area contributed by atoms with E-state index in [0.717, 1.165) is 37.3 Å². The number of rotatable bonds is 4. The molecule has 1 aliphatic rings. The molecule has 3 nitrogen and oxygen atoms in total. The fourth-order valence-corrected chi connectivity index (χ4v) is 2.82. The number of piperazine rings is 1. The summed E-state index contributed by atoms with van der Waals surface area (Å²) in [7, 11) is 4.04. The molecule has 1 aliphatic heterocycles. The summed E-state index contributed by atoms with van der Waals surface area (Å²) in [5.74, 6) is -0.107. The molecular weight excluding hydrogens is 253 g/mol. The maximum Gasteiger partial charge on any atom is 0.146 e. The lowest BCUT2D eigenvalue weighted by Crippen LogP contribution is -2.51. The number of nitrogens with zero attached hydrogens (tertiary/aromatic N) is 2. The maximum atomic E-state index is 14.4. The van der Waals surface area contributed by atoms with Crippen LogP contribution in [-0.2, 0) is 0 Å². The number of anilines is 1. The molecule has 112 valence electrons. The van der Waals surface area contributed by atoms with E-state index in [4.69, 9.17) is 0 Å². The summed E-state index contributed by atoms with van der Waals surface area (Å²) in [5, 5.41) is 3.14. The molecule has 1 heterocycles. The molecule has 0 bridgehead atoms. The van der Waals surface area contributed by atoms with Crippen LogP contribution in [0.5, 0.6) is 0 Å². The van der Waals surface area contributed by atoms with Crippen LogP contribution in [0.15, 0.2) is 18.2 Å². The van der Waals surface area contributed by atoms with Gasteiger partial charge in [-0.15, -0.1) is 0 Å². The molecule has 0 aliphatic carbocycles. The molecule has 2 rings (SSSR count). The minimum atomic E-state index is -0.107. The number of hydrogen-bond acceptors (Lipinski definition) is 3. The molecule has 2 atom stereocenters. The van der Waals surface area contributed by atoms with Crippen molar-refractivity contribution in [3.8, 4) is 0 Å². The molecule has 4 heteroatoms. The van der Waals surface area contributed by atoms with Crippen molar-refractivity contribution in [2.75, 3.05) is 38.6 Å². The van der Waals surface area contributed by atoms with Crippen molar-refractivity contribution in [1.82, 2.24) is 10.2 Å². The monoisotopic (exact) mass is 279 g/mol. The summed E-state index contributed by atoms with van der Waals surface area (Å²) >= 11 is 0. The number of nitrogens with one attached hydrogen (secondary N) is 1. The zero-order chi connectivity index (χ0) is 14.7. The fraction of sp³-hybridized carbons (Fsp3) is 0.625.